The lowest BCUT2D eigenvalue weighted by Gasteiger charge is -2.22. The van der Waals surface area contributed by atoms with Gasteiger partial charge in [-0.3, -0.25) is 0 Å². The second-order valence-electron chi connectivity index (χ2n) is 9.77. The smallest absolute Gasteiger partial charge is 0.227 e. The van der Waals surface area contributed by atoms with Crippen molar-refractivity contribution in [3.8, 4) is 22.4 Å². The van der Waals surface area contributed by atoms with Gasteiger partial charge in [-0.25, -0.2) is 9.55 Å². The number of hydrogen-bond acceptors (Lipinski definition) is 2. The van der Waals surface area contributed by atoms with Gasteiger partial charge < -0.3 is 4.42 Å². The molecule has 158 valence electrons. The maximum Gasteiger partial charge on any atom is 0.227 e. The lowest BCUT2D eigenvalue weighted by Crippen LogP contribution is -2.31. The molecule has 6 rings (SSSR count). The summed E-state index contributed by atoms with van der Waals surface area (Å²) >= 11 is 0. The Morgan fingerprint density at radius 3 is 2.50 bits per heavy atom. The molecule has 0 saturated heterocycles. The van der Waals surface area contributed by atoms with Crippen LogP contribution in [0.25, 0.3) is 44.5 Å². The van der Waals surface area contributed by atoms with Crippen LogP contribution in [0.4, 0.5) is 0 Å². The van der Waals surface area contributed by atoms with Gasteiger partial charge in [0.15, 0.2) is 11.8 Å². The van der Waals surface area contributed by atoms with Gasteiger partial charge in [0.2, 0.25) is 11.4 Å². The standard InChI is InChI=1S/C29H27N2O/c1-16-11-12-20-25-26-21(19-9-7-8-10-22(19)29(26,4)5)14-30-28(25)32-27(20)24(16)23-13-17(2)18(3)15-31(23)6/h7-15H,1-6H3/q+1. The number of benzene rings is 2. The number of furan rings is 1. The van der Waals surface area contributed by atoms with Crippen molar-refractivity contribution in [1.82, 2.24) is 4.98 Å². The zero-order valence-electron chi connectivity index (χ0n) is 19.5. The highest BCUT2D eigenvalue weighted by molar-refractivity contribution is 6.13. The summed E-state index contributed by atoms with van der Waals surface area (Å²) in [5, 5.41) is 2.29. The fraction of sp³-hybridized carbons (Fsp3) is 0.241. The van der Waals surface area contributed by atoms with Gasteiger partial charge in [-0.1, -0.05) is 50.2 Å². The third-order valence-corrected chi connectivity index (χ3v) is 7.39. The first kappa shape index (κ1) is 19.2. The molecule has 0 saturated carbocycles. The molecule has 3 heterocycles. The molecule has 0 fully saturated rings. The molecule has 0 amide bonds. The Bertz CT molecular complexity index is 1590. The summed E-state index contributed by atoms with van der Waals surface area (Å²) in [7, 11) is 2.11. The van der Waals surface area contributed by atoms with E-state index in [0.717, 1.165) is 33.3 Å². The van der Waals surface area contributed by atoms with Crippen LogP contribution in [0.5, 0.6) is 0 Å². The normalized spacial score (nSPS) is 14.2. The topological polar surface area (TPSA) is 29.9 Å². The molecule has 0 aliphatic heterocycles. The lowest BCUT2D eigenvalue weighted by atomic mass is 9.81. The fourth-order valence-corrected chi connectivity index (χ4v) is 5.60. The van der Waals surface area contributed by atoms with Crippen molar-refractivity contribution < 1.29 is 8.98 Å². The Hall–Kier alpha value is -3.46. The number of aryl methyl sites for hydroxylation is 4. The molecule has 1 aliphatic rings. The largest absolute Gasteiger partial charge is 0.437 e. The summed E-state index contributed by atoms with van der Waals surface area (Å²) in [6.45, 7) is 11.1. The zero-order chi connectivity index (χ0) is 22.4. The van der Waals surface area contributed by atoms with Gasteiger partial charge >= 0.3 is 0 Å². The number of fused-ring (bicyclic) bond motifs is 7. The van der Waals surface area contributed by atoms with Crippen LogP contribution in [0.3, 0.4) is 0 Å². The molecule has 0 atom stereocenters. The van der Waals surface area contributed by atoms with Gasteiger partial charge in [0.05, 0.1) is 10.9 Å². The van der Waals surface area contributed by atoms with Crippen molar-refractivity contribution in [2.45, 2.75) is 40.0 Å². The quantitative estimate of drug-likeness (QED) is 0.283. The highest BCUT2D eigenvalue weighted by Gasteiger charge is 2.38. The van der Waals surface area contributed by atoms with Crippen molar-refractivity contribution in [1.29, 1.82) is 0 Å². The van der Waals surface area contributed by atoms with Gasteiger partial charge in [-0.2, -0.15) is 0 Å². The number of pyridine rings is 2. The Morgan fingerprint density at radius 1 is 0.906 bits per heavy atom. The Labute approximate surface area is 188 Å². The first-order chi connectivity index (χ1) is 15.3. The molecule has 32 heavy (non-hydrogen) atoms. The highest BCUT2D eigenvalue weighted by Crippen LogP contribution is 2.52. The van der Waals surface area contributed by atoms with Gasteiger partial charge in [-0.15, -0.1) is 0 Å². The van der Waals surface area contributed by atoms with E-state index in [2.05, 4.69) is 94.9 Å². The Morgan fingerprint density at radius 2 is 1.69 bits per heavy atom. The minimum Gasteiger partial charge on any atom is -0.437 e. The molecule has 3 heteroatoms. The summed E-state index contributed by atoms with van der Waals surface area (Å²) in [6, 6.07) is 15.4. The summed E-state index contributed by atoms with van der Waals surface area (Å²) in [5.41, 5.74) is 12.8. The molecule has 0 radical (unpaired) electrons. The predicted molar refractivity (Wildman–Crippen MR) is 130 cm³/mol. The Kier molecular flexibility index (Phi) is 3.78. The summed E-state index contributed by atoms with van der Waals surface area (Å²) < 4.78 is 8.74. The van der Waals surface area contributed by atoms with E-state index in [0.29, 0.717) is 0 Å². The molecule has 0 bridgehead atoms. The highest BCUT2D eigenvalue weighted by atomic mass is 16.3. The average Bonchev–Trinajstić information content (AvgIpc) is 3.24. The van der Waals surface area contributed by atoms with Crippen LogP contribution in [0.1, 0.15) is 41.7 Å². The second kappa shape index (κ2) is 6.29. The molecule has 0 spiro atoms. The van der Waals surface area contributed by atoms with Crippen LogP contribution in [0.2, 0.25) is 0 Å². The van der Waals surface area contributed by atoms with Crippen molar-refractivity contribution in [3.63, 3.8) is 0 Å². The average molecular weight is 420 g/mol. The van der Waals surface area contributed by atoms with Crippen molar-refractivity contribution in [2.75, 3.05) is 0 Å². The summed E-state index contributed by atoms with van der Waals surface area (Å²) in [6.07, 6.45) is 4.19. The molecular formula is C29H27N2O+. The molecule has 5 aromatic rings. The second-order valence-corrected chi connectivity index (χ2v) is 9.77. The molecule has 3 aromatic heterocycles. The maximum absolute atomic E-state index is 6.54. The van der Waals surface area contributed by atoms with Gasteiger partial charge in [0.1, 0.15) is 7.05 Å². The summed E-state index contributed by atoms with van der Waals surface area (Å²) in [4.78, 5) is 4.80. The first-order valence-corrected chi connectivity index (χ1v) is 11.2. The van der Waals surface area contributed by atoms with E-state index in [1.165, 1.54) is 38.9 Å². The lowest BCUT2D eigenvalue weighted by molar-refractivity contribution is -0.660. The van der Waals surface area contributed by atoms with E-state index >= 15 is 0 Å². The Balaban J connectivity index is 1.75. The van der Waals surface area contributed by atoms with Crippen LogP contribution >= 0.6 is 0 Å². The third kappa shape index (κ3) is 2.37. The number of nitrogens with zero attached hydrogens (tertiary/aromatic N) is 2. The van der Waals surface area contributed by atoms with Gasteiger partial charge in [-0.05, 0) is 48.6 Å². The van der Waals surface area contributed by atoms with Crippen molar-refractivity contribution >= 4 is 22.1 Å². The minimum absolute atomic E-state index is 0.111. The van der Waals surface area contributed by atoms with Crippen LogP contribution in [-0.2, 0) is 12.5 Å². The van der Waals surface area contributed by atoms with Crippen LogP contribution in [-0.4, -0.2) is 4.98 Å². The fourth-order valence-electron chi connectivity index (χ4n) is 5.60. The van der Waals surface area contributed by atoms with Crippen molar-refractivity contribution in [2.24, 2.45) is 7.05 Å². The molecule has 2 aromatic carbocycles. The third-order valence-electron chi connectivity index (χ3n) is 7.39. The van der Waals surface area contributed by atoms with Crippen LogP contribution < -0.4 is 4.57 Å². The van der Waals surface area contributed by atoms with Crippen molar-refractivity contribution in [3.05, 3.63) is 82.7 Å². The van der Waals surface area contributed by atoms with E-state index in [9.17, 15) is 0 Å². The van der Waals surface area contributed by atoms with E-state index < -0.39 is 0 Å². The number of rotatable bonds is 1. The van der Waals surface area contributed by atoms with E-state index in [-0.39, 0.29) is 5.41 Å². The van der Waals surface area contributed by atoms with E-state index in [1.54, 1.807) is 0 Å². The molecule has 0 unspecified atom stereocenters. The number of aromatic nitrogens is 2. The maximum atomic E-state index is 6.54. The van der Waals surface area contributed by atoms with Crippen LogP contribution in [0, 0.1) is 20.8 Å². The van der Waals surface area contributed by atoms with Gasteiger partial charge in [0, 0.05) is 34.2 Å². The first-order valence-electron chi connectivity index (χ1n) is 11.2. The molecule has 3 nitrogen and oxygen atoms in total. The molecular weight excluding hydrogens is 392 g/mol. The monoisotopic (exact) mass is 419 g/mol. The molecule has 1 aliphatic carbocycles. The molecule has 0 N–H and O–H groups in total. The number of hydrogen-bond donors (Lipinski definition) is 0. The van der Waals surface area contributed by atoms with Gasteiger partial charge in [0.25, 0.3) is 0 Å². The predicted octanol–water partition coefficient (Wildman–Crippen LogP) is 6.70. The minimum atomic E-state index is -0.111. The SMILES string of the molecule is Cc1cc(-c2c(C)ccc3c2oc2ncc4c(c23)C(C)(C)c2ccccc2-4)[n+](C)cc1C. The summed E-state index contributed by atoms with van der Waals surface area (Å²) in [5.74, 6) is 0. The van der Waals surface area contributed by atoms with E-state index in [4.69, 9.17) is 9.40 Å². The van der Waals surface area contributed by atoms with Crippen LogP contribution in [0.15, 0.2) is 59.3 Å². The zero-order valence-corrected chi connectivity index (χ0v) is 19.5. The van der Waals surface area contributed by atoms with E-state index in [1.807, 2.05) is 6.20 Å².